The predicted octanol–water partition coefficient (Wildman–Crippen LogP) is 2.68. The first-order valence-electron chi connectivity index (χ1n) is 6.09. The summed E-state index contributed by atoms with van der Waals surface area (Å²) in [5, 5.41) is 14.9. The summed E-state index contributed by atoms with van der Waals surface area (Å²) in [6.07, 6.45) is 1.10. The monoisotopic (exact) mass is 401 g/mol. The molecular formula is C13H9BrClN3O5. The molecule has 0 aliphatic heterocycles. The Balaban J connectivity index is 2.70. The van der Waals surface area contributed by atoms with E-state index in [0.29, 0.717) is 0 Å². The van der Waals surface area contributed by atoms with Gasteiger partial charge in [0.15, 0.2) is 10.3 Å². The number of halogens is 2. The SMILES string of the molecule is CC(=O)Nc1c(C)c(C(=O)c2conc2Br)nc(C(=O)O)c1Cl. The molecule has 120 valence electrons. The van der Waals surface area contributed by atoms with E-state index in [1.54, 1.807) is 0 Å². The summed E-state index contributed by atoms with van der Waals surface area (Å²) in [5.41, 5.74) is -0.416. The molecule has 0 unspecified atom stereocenters. The summed E-state index contributed by atoms with van der Waals surface area (Å²) in [7, 11) is 0. The zero-order valence-electron chi connectivity index (χ0n) is 11.8. The van der Waals surface area contributed by atoms with Gasteiger partial charge in [0.05, 0.1) is 16.3 Å². The van der Waals surface area contributed by atoms with Crippen LogP contribution in [0.2, 0.25) is 5.02 Å². The Morgan fingerprint density at radius 2 is 2.00 bits per heavy atom. The molecule has 2 aromatic rings. The maximum Gasteiger partial charge on any atom is 0.356 e. The van der Waals surface area contributed by atoms with Crippen molar-refractivity contribution in [2.24, 2.45) is 0 Å². The van der Waals surface area contributed by atoms with Gasteiger partial charge in [-0.05, 0) is 22.9 Å². The molecule has 0 radical (unpaired) electrons. The van der Waals surface area contributed by atoms with E-state index >= 15 is 0 Å². The summed E-state index contributed by atoms with van der Waals surface area (Å²) in [4.78, 5) is 38.9. The molecule has 0 aromatic carbocycles. The van der Waals surface area contributed by atoms with E-state index in [0.717, 1.165) is 6.26 Å². The van der Waals surface area contributed by atoms with E-state index in [1.807, 2.05) is 0 Å². The predicted molar refractivity (Wildman–Crippen MR) is 82.9 cm³/mol. The number of anilines is 1. The topological polar surface area (TPSA) is 122 Å². The molecule has 0 fully saturated rings. The van der Waals surface area contributed by atoms with Gasteiger partial charge in [-0.1, -0.05) is 16.8 Å². The Bertz CT molecular complexity index is 833. The lowest BCUT2D eigenvalue weighted by Crippen LogP contribution is -2.17. The molecule has 0 bridgehead atoms. The second-order valence-electron chi connectivity index (χ2n) is 4.46. The van der Waals surface area contributed by atoms with Crippen molar-refractivity contribution in [3.63, 3.8) is 0 Å². The van der Waals surface area contributed by atoms with Crippen molar-refractivity contribution in [1.82, 2.24) is 10.1 Å². The summed E-state index contributed by atoms with van der Waals surface area (Å²) >= 11 is 9.02. The third kappa shape index (κ3) is 3.25. The van der Waals surface area contributed by atoms with Gasteiger partial charge in [0, 0.05) is 12.5 Å². The number of aromatic nitrogens is 2. The molecule has 0 atom stereocenters. The highest BCUT2D eigenvalue weighted by atomic mass is 79.9. The Labute approximate surface area is 142 Å². The quantitative estimate of drug-likeness (QED) is 0.754. The first kappa shape index (κ1) is 17.1. The van der Waals surface area contributed by atoms with Crippen molar-refractivity contribution >= 4 is 50.9 Å². The first-order valence-corrected chi connectivity index (χ1v) is 7.26. The van der Waals surface area contributed by atoms with Gasteiger partial charge in [0.2, 0.25) is 11.7 Å². The maximum atomic E-state index is 12.5. The minimum Gasteiger partial charge on any atom is -0.476 e. The summed E-state index contributed by atoms with van der Waals surface area (Å²) < 4.78 is 4.82. The third-order valence-electron chi connectivity index (χ3n) is 2.87. The number of aromatic carboxylic acids is 1. The highest BCUT2D eigenvalue weighted by Crippen LogP contribution is 2.32. The molecule has 10 heteroatoms. The normalized spacial score (nSPS) is 10.4. The van der Waals surface area contributed by atoms with Crippen LogP contribution in [0.4, 0.5) is 5.69 Å². The summed E-state index contributed by atoms with van der Waals surface area (Å²) in [6, 6.07) is 0. The molecule has 0 saturated carbocycles. The van der Waals surface area contributed by atoms with Crippen molar-refractivity contribution in [3.8, 4) is 0 Å². The van der Waals surface area contributed by atoms with Gasteiger partial charge in [-0.2, -0.15) is 0 Å². The van der Waals surface area contributed by atoms with Gasteiger partial charge < -0.3 is 14.9 Å². The number of amides is 1. The van der Waals surface area contributed by atoms with Crippen molar-refractivity contribution in [2.75, 3.05) is 5.32 Å². The van der Waals surface area contributed by atoms with Gasteiger partial charge in [-0.15, -0.1) is 0 Å². The van der Waals surface area contributed by atoms with Crippen LogP contribution in [0.5, 0.6) is 0 Å². The molecule has 2 heterocycles. The van der Waals surface area contributed by atoms with Crippen LogP contribution in [0, 0.1) is 6.92 Å². The second-order valence-corrected chi connectivity index (χ2v) is 5.59. The molecule has 2 rings (SSSR count). The molecule has 0 spiro atoms. The standard InChI is InChI=1S/C13H9BrClN3O5/c1-4-8(16-5(2)19)7(15)10(13(21)22)17-9(4)11(20)6-3-23-18-12(6)14/h3H,1-2H3,(H,21,22)(H,16,17,19). The van der Waals surface area contributed by atoms with Gasteiger partial charge in [-0.25, -0.2) is 9.78 Å². The van der Waals surface area contributed by atoms with Gasteiger partial charge in [0.1, 0.15) is 12.0 Å². The largest absolute Gasteiger partial charge is 0.476 e. The molecule has 8 nitrogen and oxygen atoms in total. The van der Waals surface area contributed by atoms with E-state index in [-0.39, 0.29) is 32.1 Å². The van der Waals surface area contributed by atoms with Crippen molar-refractivity contribution in [3.05, 3.63) is 38.4 Å². The average molecular weight is 403 g/mol. The number of carbonyl (C=O) groups is 3. The number of hydrogen-bond acceptors (Lipinski definition) is 6. The van der Waals surface area contributed by atoms with Crippen LogP contribution in [0.15, 0.2) is 15.4 Å². The van der Waals surface area contributed by atoms with Crippen LogP contribution in [0.3, 0.4) is 0 Å². The van der Waals surface area contributed by atoms with Gasteiger partial charge >= 0.3 is 5.97 Å². The lowest BCUT2D eigenvalue weighted by Gasteiger charge is -2.14. The minimum atomic E-state index is -1.43. The number of nitrogens with zero attached hydrogens (tertiary/aromatic N) is 2. The molecule has 23 heavy (non-hydrogen) atoms. The molecule has 2 N–H and O–H groups in total. The van der Waals surface area contributed by atoms with Gasteiger partial charge in [0.25, 0.3) is 0 Å². The van der Waals surface area contributed by atoms with E-state index in [1.165, 1.54) is 13.8 Å². The number of nitrogens with one attached hydrogen (secondary N) is 1. The lowest BCUT2D eigenvalue weighted by molar-refractivity contribution is -0.114. The summed E-state index contributed by atoms with van der Waals surface area (Å²) in [5.74, 6) is -2.52. The van der Waals surface area contributed by atoms with E-state index in [9.17, 15) is 19.5 Å². The summed E-state index contributed by atoms with van der Waals surface area (Å²) in [6.45, 7) is 2.72. The Hall–Kier alpha value is -2.26. The molecule has 0 aliphatic carbocycles. The fourth-order valence-corrected chi connectivity index (χ4v) is 2.50. The number of carbonyl (C=O) groups excluding carboxylic acids is 2. The average Bonchev–Trinajstić information content (AvgIpc) is 2.88. The molecule has 0 aliphatic rings. The highest BCUT2D eigenvalue weighted by molar-refractivity contribution is 9.10. The van der Waals surface area contributed by atoms with Crippen LogP contribution >= 0.6 is 27.5 Å². The Kier molecular flexibility index (Phi) is 4.81. The number of ketones is 1. The van der Waals surface area contributed by atoms with Crippen LogP contribution in [0.25, 0.3) is 0 Å². The highest BCUT2D eigenvalue weighted by Gasteiger charge is 2.26. The number of carboxylic acids is 1. The smallest absolute Gasteiger partial charge is 0.356 e. The molecule has 2 aromatic heterocycles. The fraction of sp³-hybridized carbons (Fsp3) is 0.154. The molecular weight excluding hydrogens is 394 g/mol. The third-order valence-corrected chi connectivity index (χ3v) is 3.81. The Morgan fingerprint density at radius 3 is 2.48 bits per heavy atom. The Morgan fingerprint density at radius 1 is 1.35 bits per heavy atom. The maximum absolute atomic E-state index is 12.5. The minimum absolute atomic E-state index is 0.0162. The number of carboxylic acid groups (broad SMARTS) is 1. The van der Waals surface area contributed by atoms with E-state index in [4.69, 9.17) is 11.6 Å². The van der Waals surface area contributed by atoms with Crippen LogP contribution in [-0.2, 0) is 4.79 Å². The van der Waals surface area contributed by atoms with Crippen molar-refractivity contribution in [1.29, 1.82) is 0 Å². The van der Waals surface area contributed by atoms with Crippen LogP contribution in [0.1, 0.15) is 39.0 Å². The van der Waals surface area contributed by atoms with Crippen LogP contribution < -0.4 is 5.32 Å². The van der Waals surface area contributed by atoms with E-state index < -0.39 is 23.4 Å². The van der Waals surface area contributed by atoms with E-state index in [2.05, 4.69) is 35.9 Å². The zero-order chi connectivity index (χ0) is 17.3. The van der Waals surface area contributed by atoms with Crippen LogP contribution in [-0.4, -0.2) is 32.9 Å². The second kappa shape index (κ2) is 6.47. The van der Waals surface area contributed by atoms with Gasteiger partial charge in [-0.3, -0.25) is 9.59 Å². The number of pyridine rings is 1. The fourth-order valence-electron chi connectivity index (χ4n) is 1.83. The number of rotatable bonds is 4. The van der Waals surface area contributed by atoms with Crippen molar-refractivity contribution in [2.45, 2.75) is 13.8 Å². The molecule has 1 amide bonds. The zero-order valence-corrected chi connectivity index (χ0v) is 14.1. The lowest BCUT2D eigenvalue weighted by atomic mass is 10.0. The van der Waals surface area contributed by atoms with Crippen molar-refractivity contribution < 1.29 is 24.0 Å². The molecule has 0 saturated heterocycles. The number of hydrogen-bond donors (Lipinski definition) is 2. The first-order chi connectivity index (χ1) is 10.7.